The number of nitrogens with zero attached hydrogens (tertiary/aromatic N) is 1. The highest BCUT2D eigenvalue weighted by Crippen LogP contribution is 2.21. The molecule has 0 bridgehead atoms. The predicted octanol–water partition coefficient (Wildman–Crippen LogP) is -0.304. The van der Waals surface area contributed by atoms with Gasteiger partial charge in [0.15, 0.2) is 0 Å². The second kappa shape index (κ2) is 5.30. The van der Waals surface area contributed by atoms with Gasteiger partial charge in [0, 0.05) is 9.48 Å². The molecule has 0 aliphatic heterocycles. The normalized spacial score (nSPS) is 10.3. The third kappa shape index (κ3) is 2.58. The van der Waals surface area contributed by atoms with E-state index in [1.54, 1.807) is 12.1 Å². The molecule has 1 aromatic carbocycles. The zero-order chi connectivity index (χ0) is 13.1. The molecule has 0 fully saturated rings. The number of carbonyl (C=O) groups is 2. The second-order valence-corrected chi connectivity index (χ2v) is 4.89. The maximum atomic E-state index is 10.5. The largest absolute Gasteiger partial charge is 0.499 e. The Balaban J connectivity index is 2.31. The molecule has 0 aliphatic rings. The van der Waals surface area contributed by atoms with Crippen molar-refractivity contribution in [3.05, 3.63) is 29.8 Å². The van der Waals surface area contributed by atoms with E-state index < -0.39 is 7.12 Å². The number of amides is 2. The van der Waals surface area contributed by atoms with Crippen LogP contribution in [-0.2, 0) is 16.1 Å². The molecule has 7 heteroatoms. The van der Waals surface area contributed by atoms with E-state index in [4.69, 9.17) is 10.0 Å². The molecule has 2 aromatic rings. The lowest BCUT2D eigenvalue weighted by atomic mass is 9.89. The van der Waals surface area contributed by atoms with Crippen molar-refractivity contribution in [1.29, 1.82) is 0 Å². The number of carbonyl (C=O) groups excluding carboxylic acids is 2. The van der Waals surface area contributed by atoms with Gasteiger partial charge < -0.3 is 10.0 Å². The Kier molecular flexibility index (Phi) is 3.76. The number of imide groups is 1. The maximum absolute atomic E-state index is 10.5. The molecule has 0 aliphatic carbocycles. The minimum atomic E-state index is -1.48. The fourth-order valence-electron chi connectivity index (χ4n) is 1.65. The van der Waals surface area contributed by atoms with Crippen molar-refractivity contribution in [2.45, 2.75) is 6.54 Å². The van der Waals surface area contributed by atoms with Crippen LogP contribution in [0.2, 0.25) is 0 Å². The van der Waals surface area contributed by atoms with E-state index in [2.05, 4.69) is 0 Å². The van der Waals surface area contributed by atoms with Gasteiger partial charge in [0.25, 0.3) is 0 Å². The van der Waals surface area contributed by atoms with Gasteiger partial charge in [-0.25, -0.2) is 0 Å². The van der Waals surface area contributed by atoms with Crippen molar-refractivity contribution >= 4 is 46.1 Å². The standard InChI is InChI=1S/C11H10BNO4S/c14-6-13(7-15)5-8-1-2-10-9(3-8)4-11(18-10)12(16)17/h1-4,6-7,16-17H,5H2. The third-order valence-electron chi connectivity index (χ3n) is 2.49. The molecule has 2 amide bonds. The lowest BCUT2D eigenvalue weighted by Crippen LogP contribution is -2.26. The quantitative estimate of drug-likeness (QED) is 0.573. The Bertz CT molecular complexity index is 575. The topological polar surface area (TPSA) is 77.8 Å². The second-order valence-electron chi connectivity index (χ2n) is 3.78. The Morgan fingerprint density at radius 1 is 1.22 bits per heavy atom. The van der Waals surface area contributed by atoms with Gasteiger partial charge in [0.1, 0.15) is 0 Å². The molecule has 0 saturated carbocycles. The predicted molar refractivity (Wildman–Crippen MR) is 69.3 cm³/mol. The summed E-state index contributed by atoms with van der Waals surface area (Å²) in [4.78, 5) is 22.1. The summed E-state index contributed by atoms with van der Waals surface area (Å²) in [6.07, 6.45) is 0.932. The number of rotatable bonds is 5. The van der Waals surface area contributed by atoms with Gasteiger partial charge in [-0.2, -0.15) is 0 Å². The van der Waals surface area contributed by atoms with Crippen LogP contribution in [-0.4, -0.2) is 34.9 Å². The summed E-state index contributed by atoms with van der Waals surface area (Å²) in [5, 5.41) is 19.0. The molecule has 0 spiro atoms. The molecule has 1 heterocycles. The average Bonchev–Trinajstić information content (AvgIpc) is 2.79. The van der Waals surface area contributed by atoms with Gasteiger partial charge in [-0.05, 0) is 29.1 Å². The van der Waals surface area contributed by atoms with Crippen molar-refractivity contribution in [2.75, 3.05) is 0 Å². The molecule has 2 rings (SSSR count). The SMILES string of the molecule is O=CN(C=O)Cc1ccc2sc(B(O)O)cc2c1. The summed E-state index contributed by atoms with van der Waals surface area (Å²) < 4.78 is 1.38. The first-order valence-electron chi connectivity index (χ1n) is 5.19. The number of fused-ring (bicyclic) bond motifs is 1. The van der Waals surface area contributed by atoms with Crippen LogP contribution in [0.25, 0.3) is 10.1 Å². The lowest BCUT2D eigenvalue weighted by Gasteiger charge is -2.08. The molecular formula is C11H10BNO4S. The van der Waals surface area contributed by atoms with Crippen LogP contribution in [0.15, 0.2) is 24.3 Å². The Morgan fingerprint density at radius 2 is 1.94 bits per heavy atom. The van der Waals surface area contributed by atoms with E-state index in [0.717, 1.165) is 20.5 Å². The summed E-state index contributed by atoms with van der Waals surface area (Å²) in [6.45, 7) is 0.204. The van der Waals surface area contributed by atoms with Crippen molar-refractivity contribution in [1.82, 2.24) is 4.90 Å². The number of hydrogen-bond donors (Lipinski definition) is 2. The van der Waals surface area contributed by atoms with Gasteiger partial charge >= 0.3 is 7.12 Å². The first-order chi connectivity index (χ1) is 8.63. The highest BCUT2D eigenvalue weighted by Gasteiger charge is 2.14. The third-order valence-corrected chi connectivity index (χ3v) is 3.65. The molecule has 0 unspecified atom stereocenters. The van der Waals surface area contributed by atoms with Gasteiger partial charge in [-0.1, -0.05) is 6.07 Å². The number of hydrogen-bond acceptors (Lipinski definition) is 5. The van der Waals surface area contributed by atoms with Crippen LogP contribution < -0.4 is 4.78 Å². The highest BCUT2D eigenvalue weighted by atomic mass is 32.1. The summed E-state index contributed by atoms with van der Waals surface area (Å²) >= 11 is 1.29. The molecule has 5 nitrogen and oxygen atoms in total. The summed E-state index contributed by atoms with van der Waals surface area (Å²) in [7, 11) is -1.48. The van der Waals surface area contributed by atoms with Crippen LogP contribution >= 0.6 is 11.3 Å². The van der Waals surface area contributed by atoms with Crippen LogP contribution in [0.3, 0.4) is 0 Å². The average molecular weight is 263 g/mol. The zero-order valence-corrected chi connectivity index (χ0v) is 10.1. The van der Waals surface area contributed by atoms with Gasteiger partial charge in [-0.3, -0.25) is 14.5 Å². The van der Waals surface area contributed by atoms with Gasteiger partial charge in [-0.15, -0.1) is 11.3 Å². The highest BCUT2D eigenvalue weighted by molar-refractivity contribution is 7.27. The van der Waals surface area contributed by atoms with Crippen molar-refractivity contribution in [2.24, 2.45) is 0 Å². The molecule has 0 radical (unpaired) electrons. The molecule has 1 aromatic heterocycles. The monoisotopic (exact) mass is 263 g/mol. The minimum absolute atomic E-state index is 0.204. The summed E-state index contributed by atoms with van der Waals surface area (Å²) in [6, 6.07) is 7.12. The van der Waals surface area contributed by atoms with Crippen LogP contribution in [0.4, 0.5) is 0 Å². The van der Waals surface area contributed by atoms with Crippen molar-refractivity contribution < 1.29 is 19.6 Å². The Morgan fingerprint density at radius 3 is 2.56 bits per heavy atom. The summed E-state index contributed by atoms with van der Waals surface area (Å²) in [5.74, 6) is 0. The van der Waals surface area contributed by atoms with Crippen molar-refractivity contribution in [3.63, 3.8) is 0 Å². The molecule has 18 heavy (non-hydrogen) atoms. The number of benzene rings is 1. The van der Waals surface area contributed by atoms with E-state index in [9.17, 15) is 9.59 Å². The van der Waals surface area contributed by atoms with Gasteiger partial charge in [0.2, 0.25) is 12.8 Å². The van der Waals surface area contributed by atoms with E-state index >= 15 is 0 Å². The van der Waals surface area contributed by atoms with E-state index in [0.29, 0.717) is 17.6 Å². The molecular weight excluding hydrogens is 253 g/mol. The van der Waals surface area contributed by atoms with Crippen molar-refractivity contribution in [3.8, 4) is 0 Å². The zero-order valence-electron chi connectivity index (χ0n) is 9.31. The van der Waals surface area contributed by atoms with Gasteiger partial charge in [0.05, 0.1) is 6.54 Å². The van der Waals surface area contributed by atoms with E-state index in [1.807, 2.05) is 12.1 Å². The molecule has 2 N–H and O–H groups in total. The van der Waals surface area contributed by atoms with Crippen LogP contribution in [0.1, 0.15) is 5.56 Å². The first kappa shape index (κ1) is 12.8. The van der Waals surface area contributed by atoms with E-state index in [1.165, 1.54) is 11.3 Å². The number of thiophene rings is 1. The molecule has 0 atom stereocenters. The Labute approximate surface area is 107 Å². The van der Waals surface area contributed by atoms with Crippen LogP contribution in [0, 0.1) is 0 Å². The molecule has 0 saturated heterocycles. The smallest absolute Gasteiger partial charge is 0.423 e. The summed E-state index contributed by atoms with van der Waals surface area (Å²) in [5.41, 5.74) is 0.804. The fourth-order valence-corrected chi connectivity index (χ4v) is 2.57. The minimum Gasteiger partial charge on any atom is -0.423 e. The first-order valence-corrected chi connectivity index (χ1v) is 6.00. The fraction of sp³-hybridized carbons (Fsp3) is 0.0909. The van der Waals surface area contributed by atoms with Crippen LogP contribution in [0.5, 0.6) is 0 Å². The molecule has 92 valence electrons. The van der Waals surface area contributed by atoms with E-state index in [-0.39, 0.29) is 6.54 Å². The Hall–Kier alpha value is -1.70. The maximum Gasteiger partial charge on any atom is 0.499 e. The lowest BCUT2D eigenvalue weighted by molar-refractivity contribution is -0.129.